The second-order valence-electron chi connectivity index (χ2n) is 6.70. The van der Waals surface area contributed by atoms with Crippen molar-refractivity contribution in [1.82, 2.24) is 14.9 Å². The van der Waals surface area contributed by atoms with E-state index in [1.807, 2.05) is 20.8 Å². The number of nitrogens with zero attached hydrogens (tertiary/aromatic N) is 2. The lowest BCUT2D eigenvalue weighted by atomic mass is 9.96. The summed E-state index contributed by atoms with van der Waals surface area (Å²) >= 11 is 0. The smallest absolute Gasteiger partial charge is 0.272 e. The van der Waals surface area contributed by atoms with Gasteiger partial charge in [-0.3, -0.25) is 9.59 Å². The monoisotopic (exact) mass is 314 g/mol. The number of aromatic amines is 1. The molecule has 0 aliphatic rings. The molecule has 122 valence electrons. The van der Waals surface area contributed by atoms with Crippen LogP contribution < -0.4 is 5.73 Å². The summed E-state index contributed by atoms with van der Waals surface area (Å²) in [5, 5.41) is 0. The maximum atomic E-state index is 12.4. The normalized spacial score (nSPS) is 11.3. The van der Waals surface area contributed by atoms with Gasteiger partial charge in [-0.05, 0) is 12.1 Å². The number of imidazole rings is 1. The SMILES string of the molecule is CN(C)C(=O)c1[nH]c(C(C)(C)C)nc1-c1ccc(C(N)=O)cc1. The minimum atomic E-state index is -0.487. The fourth-order valence-corrected chi connectivity index (χ4v) is 2.11. The Morgan fingerprint density at radius 3 is 2.13 bits per heavy atom. The summed E-state index contributed by atoms with van der Waals surface area (Å²) in [6.45, 7) is 6.07. The highest BCUT2D eigenvalue weighted by Crippen LogP contribution is 2.28. The summed E-state index contributed by atoms with van der Waals surface area (Å²) in [5.74, 6) is 0.0946. The third-order valence-electron chi connectivity index (χ3n) is 3.48. The maximum absolute atomic E-state index is 12.4. The van der Waals surface area contributed by atoms with E-state index in [9.17, 15) is 9.59 Å². The van der Waals surface area contributed by atoms with Crippen LogP contribution in [-0.4, -0.2) is 40.8 Å². The Morgan fingerprint density at radius 2 is 1.70 bits per heavy atom. The van der Waals surface area contributed by atoms with E-state index in [2.05, 4.69) is 9.97 Å². The van der Waals surface area contributed by atoms with Crippen LogP contribution in [0, 0.1) is 0 Å². The van der Waals surface area contributed by atoms with Gasteiger partial charge in [-0.2, -0.15) is 0 Å². The van der Waals surface area contributed by atoms with Gasteiger partial charge in [0, 0.05) is 30.6 Å². The van der Waals surface area contributed by atoms with E-state index in [1.54, 1.807) is 38.4 Å². The molecule has 1 aromatic heterocycles. The molecule has 0 bridgehead atoms. The first-order valence-electron chi connectivity index (χ1n) is 7.33. The van der Waals surface area contributed by atoms with Crippen molar-refractivity contribution in [3.05, 3.63) is 41.3 Å². The van der Waals surface area contributed by atoms with Crippen LogP contribution in [0.2, 0.25) is 0 Å². The number of benzene rings is 1. The third kappa shape index (κ3) is 3.41. The number of H-pyrrole nitrogens is 1. The molecule has 3 N–H and O–H groups in total. The zero-order chi connectivity index (χ0) is 17.4. The molecule has 0 spiro atoms. The Kier molecular flexibility index (Phi) is 4.27. The average molecular weight is 314 g/mol. The quantitative estimate of drug-likeness (QED) is 0.909. The first kappa shape index (κ1) is 16.7. The molecule has 2 aromatic rings. The molecule has 0 radical (unpaired) electrons. The van der Waals surface area contributed by atoms with Gasteiger partial charge in [-0.1, -0.05) is 32.9 Å². The molecule has 2 rings (SSSR count). The number of hydrogen-bond donors (Lipinski definition) is 2. The van der Waals surface area contributed by atoms with Gasteiger partial charge in [-0.25, -0.2) is 4.98 Å². The molecular weight excluding hydrogens is 292 g/mol. The molecule has 2 amide bonds. The first-order chi connectivity index (χ1) is 10.6. The zero-order valence-corrected chi connectivity index (χ0v) is 14.1. The van der Waals surface area contributed by atoms with Gasteiger partial charge < -0.3 is 15.6 Å². The van der Waals surface area contributed by atoms with E-state index in [0.29, 0.717) is 17.0 Å². The number of nitrogens with one attached hydrogen (secondary N) is 1. The van der Waals surface area contributed by atoms with E-state index >= 15 is 0 Å². The lowest BCUT2D eigenvalue weighted by molar-refractivity contribution is 0.0822. The molecule has 6 heteroatoms. The molecule has 0 saturated heterocycles. The summed E-state index contributed by atoms with van der Waals surface area (Å²) in [4.78, 5) is 32.9. The van der Waals surface area contributed by atoms with Crippen molar-refractivity contribution in [2.75, 3.05) is 14.1 Å². The molecular formula is C17H22N4O2. The van der Waals surface area contributed by atoms with Crippen molar-refractivity contribution in [2.24, 2.45) is 5.73 Å². The van der Waals surface area contributed by atoms with Crippen molar-refractivity contribution in [3.63, 3.8) is 0 Å². The summed E-state index contributed by atoms with van der Waals surface area (Å²) in [6, 6.07) is 6.75. The number of rotatable bonds is 3. The van der Waals surface area contributed by atoms with Gasteiger partial charge in [-0.15, -0.1) is 0 Å². The second kappa shape index (κ2) is 5.87. The molecule has 0 fully saturated rings. The lowest BCUT2D eigenvalue weighted by Crippen LogP contribution is -2.23. The topological polar surface area (TPSA) is 92.1 Å². The molecule has 1 aromatic carbocycles. The van der Waals surface area contributed by atoms with E-state index in [-0.39, 0.29) is 11.3 Å². The van der Waals surface area contributed by atoms with Gasteiger partial charge in [0.25, 0.3) is 5.91 Å². The fraction of sp³-hybridized carbons (Fsp3) is 0.353. The third-order valence-corrected chi connectivity index (χ3v) is 3.48. The highest BCUT2D eigenvalue weighted by molar-refractivity contribution is 5.98. The minimum absolute atomic E-state index is 0.151. The average Bonchev–Trinajstić information content (AvgIpc) is 2.91. The highest BCUT2D eigenvalue weighted by Gasteiger charge is 2.25. The van der Waals surface area contributed by atoms with Crippen LogP contribution in [0.5, 0.6) is 0 Å². The van der Waals surface area contributed by atoms with Gasteiger partial charge in [0.05, 0.1) is 0 Å². The van der Waals surface area contributed by atoms with Crippen molar-refractivity contribution in [3.8, 4) is 11.3 Å². The molecule has 0 unspecified atom stereocenters. The second-order valence-corrected chi connectivity index (χ2v) is 6.70. The molecule has 23 heavy (non-hydrogen) atoms. The van der Waals surface area contributed by atoms with E-state index in [0.717, 1.165) is 11.4 Å². The molecule has 6 nitrogen and oxygen atoms in total. The Bertz CT molecular complexity index is 737. The van der Waals surface area contributed by atoms with Crippen LogP contribution in [0.3, 0.4) is 0 Å². The van der Waals surface area contributed by atoms with Crippen LogP contribution in [0.25, 0.3) is 11.3 Å². The molecule has 0 saturated carbocycles. The summed E-state index contributed by atoms with van der Waals surface area (Å²) in [6.07, 6.45) is 0. The van der Waals surface area contributed by atoms with Crippen LogP contribution >= 0.6 is 0 Å². The van der Waals surface area contributed by atoms with Crippen LogP contribution in [-0.2, 0) is 5.41 Å². The number of hydrogen-bond acceptors (Lipinski definition) is 3. The van der Waals surface area contributed by atoms with Crippen molar-refractivity contribution >= 4 is 11.8 Å². The number of amides is 2. The number of nitrogens with two attached hydrogens (primary N) is 1. The molecule has 0 aliphatic carbocycles. The number of carbonyl (C=O) groups excluding carboxylic acids is 2. The van der Waals surface area contributed by atoms with Crippen molar-refractivity contribution in [2.45, 2.75) is 26.2 Å². The van der Waals surface area contributed by atoms with E-state index in [1.165, 1.54) is 4.90 Å². The Hall–Kier alpha value is -2.63. The van der Waals surface area contributed by atoms with Crippen LogP contribution in [0.4, 0.5) is 0 Å². The number of carbonyl (C=O) groups is 2. The summed E-state index contributed by atoms with van der Waals surface area (Å²) in [7, 11) is 3.39. The molecule has 0 aliphatic heterocycles. The first-order valence-corrected chi connectivity index (χ1v) is 7.33. The largest absolute Gasteiger partial charge is 0.366 e. The van der Waals surface area contributed by atoms with Crippen molar-refractivity contribution < 1.29 is 9.59 Å². The summed E-state index contributed by atoms with van der Waals surface area (Å²) < 4.78 is 0. The predicted molar refractivity (Wildman–Crippen MR) is 89.3 cm³/mol. The fourth-order valence-electron chi connectivity index (χ4n) is 2.11. The lowest BCUT2D eigenvalue weighted by Gasteiger charge is -2.14. The number of aromatic nitrogens is 2. The van der Waals surface area contributed by atoms with Gasteiger partial charge in [0.1, 0.15) is 17.2 Å². The van der Waals surface area contributed by atoms with Crippen molar-refractivity contribution in [1.29, 1.82) is 0 Å². The van der Waals surface area contributed by atoms with Gasteiger partial charge in [0.2, 0.25) is 5.91 Å². The van der Waals surface area contributed by atoms with Crippen LogP contribution in [0.15, 0.2) is 24.3 Å². The van der Waals surface area contributed by atoms with E-state index < -0.39 is 5.91 Å². The highest BCUT2D eigenvalue weighted by atomic mass is 16.2. The standard InChI is InChI=1S/C17H22N4O2/c1-17(2,3)16-19-12(13(20-16)15(23)21(4)5)10-6-8-11(9-7-10)14(18)22/h6-9H,1-5H3,(H2,18,22)(H,19,20). The van der Waals surface area contributed by atoms with Gasteiger partial charge >= 0.3 is 0 Å². The maximum Gasteiger partial charge on any atom is 0.272 e. The van der Waals surface area contributed by atoms with Gasteiger partial charge in [0.15, 0.2) is 0 Å². The Balaban J connectivity index is 2.57. The van der Waals surface area contributed by atoms with E-state index in [4.69, 9.17) is 5.73 Å². The summed E-state index contributed by atoms with van der Waals surface area (Å²) in [5.41, 5.74) is 7.23. The minimum Gasteiger partial charge on any atom is -0.366 e. The number of primary amides is 1. The van der Waals surface area contributed by atoms with Crippen LogP contribution in [0.1, 0.15) is 47.4 Å². The Labute approximate surface area is 135 Å². The Morgan fingerprint density at radius 1 is 1.13 bits per heavy atom. The molecule has 1 heterocycles. The zero-order valence-electron chi connectivity index (χ0n) is 14.1. The molecule has 0 atom stereocenters. The predicted octanol–water partition coefficient (Wildman–Crippen LogP) is 2.17.